The van der Waals surface area contributed by atoms with Crippen LogP contribution in [0.3, 0.4) is 0 Å². The van der Waals surface area contributed by atoms with Gasteiger partial charge in [0.25, 0.3) is 0 Å². The van der Waals surface area contributed by atoms with Gasteiger partial charge in [-0.3, -0.25) is 9.79 Å². The van der Waals surface area contributed by atoms with Gasteiger partial charge < -0.3 is 15.5 Å². The molecule has 6 heteroatoms. The van der Waals surface area contributed by atoms with Crippen molar-refractivity contribution in [1.29, 1.82) is 0 Å². The van der Waals surface area contributed by atoms with Crippen molar-refractivity contribution in [2.24, 2.45) is 10.4 Å². The molecule has 0 aromatic carbocycles. The van der Waals surface area contributed by atoms with Gasteiger partial charge in [-0.2, -0.15) is 0 Å². The number of hydrogen-bond donors (Lipinski definition) is 2. The monoisotopic (exact) mass is 452 g/mol. The van der Waals surface area contributed by atoms with E-state index in [1.54, 1.807) is 0 Å². The lowest BCUT2D eigenvalue weighted by atomic mass is 9.89. The van der Waals surface area contributed by atoms with E-state index in [-0.39, 0.29) is 24.0 Å². The lowest BCUT2D eigenvalue weighted by molar-refractivity contribution is -0.127. The summed E-state index contributed by atoms with van der Waals surface area (Å²) in [6, 6.07) is 0.409. The van der Waals surface area contributed by atoms with Crippen molar-refractivity contribution in [3.63, 3.8) is 0 Å². The molecule has 24 heavy (non-hydrogen) atoms. The van der Waals surface area contributed by atoms with E-state index in [4.69, 9.17) is 0 Å². The van der Waals surface area contributed by atoms with Gasteiger partial charge in [0, 0.05) is 38.6 Å². The summed E-state index contributed by atoms with van der Waals surface area (Å²) in [5.74, 6) is 1.19. The smallest absolute Gasteiger partial charge is 0.222 e. The second kappa shape index (κ2) is 11.9. The molecule has 1 unspecified atom stereocenters. The molecule has 1 rings (SSSR count). The van der Waals surface area contributed by atoms with Gasteiger partial charge >= 0.3 is 0 Å². The molecule has 1 aliphatic heterocycles. The molecule has 0 radical (unpaired) electrons. The SMILES string of the molecule is CCNC(=NCCCN1CCCC1=O)NC(C)CCC(C)(C)C.I. The Morgan fingerprint density at radius 2 is 2.08 bits per heavy atom. The summed E-state index contributed by atoms with van der Waals surface area (Å²) in [5.41, 5.74) is 0.369. The lowest BCUT2D eigenvalue weighted by Crippen LogP contribution is -2.42. The number of halogens is 1. The second-order valence-corrected chi connectivity index (χ2v) is 7.74. The van der Waals surface area contributed by atoms with E-state index in [0.29, 0.717) is 17.4 Å². The predicted molar refractivity (Wildman–Crippen MR) is 113 cm³/mol. The van der Waals surface area contributed by atoms with Gasteiger partial charge in [0.15, 0.2) is 5.96 Å². The normalized spacial score (nSPS) is 16.8. The molecule has 0 bridgehead atoms. The van der Waals surface area contributed by atoms with Crippen LogP contribution in [0.4, 0.5) is 0 Å². The maximum Gasteiger partial charge on any atom is 0.222 e. The third kappa shape index (κ3) is 10.4. The molecule has 0 saturated carbocycles. The highest BCUT2D eigenvalue weighted by Crippen LogP contribution is 2.21. The highest BCUT2D eigenvalue weighted by molar-refractivity contribution is 14.0. The average Bonchev–Trinajstić information content (AvgIpc) is 2.86. The lowest BCUT2D eigenvalue weighted by Gasteiger charge is -2.23. The Morgan fingerprint density at radius 3 is 2.62 bits per heavy atom. The number of guanidine groups is 1. The first-order valence-electron chi connectivity index (χ1n) is 9.14. The van der Waals surface area contributed by atoms with Crippen molar-refractivity contribution >= 4 is 35.8 Å². The van der Waals surface area contributed by atoms with Gasteiger partial charge in [-0.05, 0) is 44.9 Å². The predicted octanol–water partition coefficient (Wildman–Crippen LogP) is 3.39. The van der Waals surface area contributed by atoms with Crippen LogP contribution in [-0.4, -0.2) is 49.0 Å². The van der Waals surface area contributed by atoms with E-state index in [1.807, 2.05) is 4.90 Å². The fourth-order valence-corrected chi connectivity index (χ4v) is 2.67. The van der Waals surface area contributed by atoms with Crippen LogP contribution in [0.5, 0.6) is 0 Å². The van der Waals surface area contributed by atoms with E-state index in [9.17, 15) is 4.79 Å². The minimum atomic E-state index is 0. The molecular weight excluding hydrogens is 415 g/mol. The summed E-state index contributed by atoms with van der Waals surface area (Å²) in [7, 11) is 0. The Balaban J connectivity index is 0.00000529. The standard InChI is InChI=1S/C18H36N4O.HI/c1-6-19-17(21-15(2)10-11-18(3,4)5)20-12-8-14-22-13-7-9-16(22)23;/h15H,6-14H2,1-5H3,(H2,19,20,21);1H. The number of likely N-dealkylation sites (tertiary alicyclic amines) is 1. The number of aliphatic imine (C=N–C) groups is 1. The van der Waals surface area contributed by atoms with E-state index in [0.717, 1.165) is 57.8 Å². The van der Waals surface area contributed by atoms with Crippen molar-refractivity contribution in [2.75, 3.05) is 26.2 Å². The molecule has 0 aromatic rings. The molecule has 1 heterocycles. The number of rotatable bonds is 8. The van der Waals surface area contributed by atoms with E-state index < -0.39 is 0 Å². The van der Waals surface area contributed by atoms with Gasteiger partial charge in [-0.1, -0.05) is 20.8 Å². The second-order valence-electron chi connectivity index (χ2n) is 7.74. The van der Waals surface area contributed by atoms with Gasteiger partial charge in [0.2, 0.25) is 5.91 Å². The van der Waals surface area contributed by atoms with Crippen LogP contribution >= 0.6 is 24.0 Å². The van der Waals surface area contributed by atoms with Crippen LogP contribution in [0, 0.1) is 5.41 Å². The van der Waals surface area contributed by atoms with Crippen molar-refractivity contribution in [1.82, 2.24) is 15.5 Å². The van der Waals surface area contributed by atoms with Crippen LogP contribution in [-0.2, 0) is 4.79 Å². The minimum Gasteiger partial charge on any atom is -0.357 e. The first-order valence-corrected chi connectivity index (χ1v) is 9.14. The molecule has 0 spiro atoms. The topological polar surface area (TPSA) is 56.7 Å². The Bertz CT molecular complexity index is 393. The zero-order chi connectivity index (χ0) is 17.3. The van der Waals surface area contributed by atoms with E-state index in [1.165, 1.54) is 6.42 Å². The molecule has 1 aliphatic rings. The minimum absolute atomic E-state index is 0. The van der Waals surface area contributed by atoms with Crippen LogP contribution in [0.25, 0.3) is 0 Å². The fraction of sp³-hybridized carbons (Fsp3) is 0.889. The molecular formula is C18H37IN4O. The van der Waals surface area contributed by atoms with Crippen LogP contribution in [0.2, 0.25) is 0 Å². The summed E-state index contributed by atoms with van der Waals surface area (Å²) in [4.78, 5) is 18.2. The maximum atomic E-state index is 11.6. The van der Waals surface area contributed by atoms with Gasteiger partial charge in [-0.15, -0.1) is 24.0 Å². The number of amides is 1. The first-order chi connectivity index (χ1) is 10.8. The molecule has 2 N–H and O–H groups in total. The zero-order valence-electron chi connectivity index (χ0n) is 16.2. The van der Waals surface area contributed by atoms with Gasteiger partial charge in [-0.25, -0.2) is 0 Å². The molecule has 1 atom stereocenters. The van der Waals surface area contributed by atoms with E-state index >= 15 is 0 Å². The van der Waals surface area contributed by atoms with Crippen LogP contribution in [0.1, 0.15) is 66.7 Å². The summed E-state index contributed by atoms with van der Waals surface area (Å²) >= 11 is 0. The number of nitrogens with one attached hydrogen (secondary N) is 2. The number of nitrogens with zero attached hydrogens (tertiary/aromatic N) is 2. The average molecular weight is 452 g/mol. The summed E-state index contributed by atoms with van der Waals surface area (Å²) in [6.45, 7) is 14.5. The quantitative estimate of drug-likeness (QED) is 0.257. The molecule has 1 saturated heterocycles. The van der Waals surface area contributed by atoms with Crippen molar-refractivity contribution < 1.29 is 4.79 Å². The van der Waals surface area contributed by atoms with Crippen molar-refractivity contribution in [3.05, 3.63) is 0 Å². The Hall–Kier alpha value is -0.530. The van der Waals surface area contributed by atoms with Gasteiger partial charge in [0.1, 0.15) is 0 Å². The van der Waals surface area contributed by atoms with Crippen molar-refractivity contribution in [3.8, 4) is 0 Å². The summed E-state index contributed by atoms with van der Waals surface area (Å²) in [6.07, 6.45) is 4.99. The Kier molecular flexibility index (Phi) is 11.7. The summed E-state index contributed by atoms with van der Waals surface area (Å²) in [5, 5.41) is 6.79. The molecule has 5 nitrogen and oxygen atoms in total. The molecule has 1 fully saturated rings. The Labute approximate surface area is 165 Å². The van der Waals surface area contributed by atoms with Gasteiger partial charge in [0.05, 0.1) is 0 Å². The highest BCUT2D eigenvalue weighted by Gasteiger charge is 2.19. The fourth-order valence-electron chi connectivity index (χ4n) is 2.67. The maximum absolute atomic E-state index is 11.6. The highest BCUT2D eigenvalue weighted by atomic mass is 127. The first kappa shape index (κ1) is 23.5. The molecule has 142 valence electrons. The number of carbonyl (C=O) groups is 1. The molecule has 0 aromatic heterocycles. The molecule has 1 amide bonds. The third-order valence-electron chi connectivity index (χ3n) is 4.08. The van der Waals surface area contributed by atoms with Crippen LogP contribution in [0.15, 0.2) is 4.99 Å². The van der Waals surface area contributed by atoms with Crippen LogP contribution < -0.4 is 10.6 Å². The largest absolute Gasteiger partial charge is 0.357 e. The van der Waals surface area contributed by atoms with Crippen molar-refractivity contribution in [2.45, 2.75) is 72.8 Å². The third-order valence-corrected chi connectivity index (χ3v) is 4.08. The summed E-state index contributed by atoms with van der Waals surface area (Å²) < 4.78 is 0. The number of hydrogen-bond acceptors (Lipinski definition) is 2. The molecule has 0 aliphatic carbocycles. The zero-order valence-corrected chi connectivity index (χ0v) is 18.5. The number of carbonyl (C=O) groups excluding carboxylic acids is 1. The van der Waals surface area contributed by atoms with E-state index in [2.05, 4.69) is 50.2 Å². The Morgan fingerprint density at radius 1 is 1.38 bits per heavy atom.